The summed E-state index contributed by atoms with van der Waals surface area (Å²) in [4.78, 5) is 12.4. The van der Waals surface area contributed by atoms with Gasteiger partial charge >= 0.3 is 0 Å². The first kappa shape index (κ1) is 17.3. The zero-order valence-corrected chi connectivity index (χ0v) is 14.8. The fraction of sp³-hybridized carbons (Fsp3) is 0.381. The van der Waals surface area contributed by atoms with Crippen molar-refractivity contribution in [2.45, 2.75) is 26.3 Å². The van der Waals surface area contributed by atoms with Gasteiger partial charge in [0.2, 0.25) is 0 Å². The summed E-state index contributed by atoms with van der Waals surface area (Å²) in [7, 11) is 0. The van der Waals surface area contributed by atoms with Crippen LogP contribution < -0.4 is 14.8 Å². The smallest absolute Gasteiger partial charge is 0.258 e. The minimum absolute atomic E-state index is 0.0193. The van der Waals surface area contributed by atoms with Crippen LogP contribution in [0, 0.1) is 11.8 Å². The highest BCUT2D eigenvalue weighted by atomic mass is 16.5. The maximum atomic E-state index is 12.4. The molecule has 1 saturated carbocycles. The molecule has 3 atom stereocenters. The molecule has 132 valence electrons. The lowest BCUT2D eigenvalue weighted by molar-refractivity contribution is -0.124. The van der Waals surface area contributed by atoms with Gasteiger partial charge in [-0.25, -0.2) is 0 Å². The van der Waals surface area contributed by atoms with E-state index in [4.69, 9.17) is 9.47 Å². The molecule has 0 spiro atoms. The number of para-hydroxylation sites is 2. The van der Waals surface area contributed by atoms with Crippen molar-refractivity contribution in [1.29, 1.82) is 0 Å². The third-order valence-electron chi connectivity index (χ3n) is 4.58. The lowest BCUT2D eigenvalue weighted by Gasteiger charge is -2.20. The summed E-state index contributed by atoms with van der Waals surface area (Å²) in [6, 6.07) is 17.6. The second kappa shape index (κ2) is 8.06. The van der Waals surface area contributed by atoms with Crippen molar-refractivity contribution >= 4 is 5.91 Å². The van der Waals surface area contributed by atoms with Crippen molar-refractivity contribution in [1.82, 2.24) is 5.32 Å². The molecule has 0 radical (unpaired) electrons. The highest BCUT2D eigenvalue weighted by molar-refractivity contribution is 5.78. The van der Waals surface area contributed by atoms with Crippen LogP contribution in [0.2, 0.25) is 0 Å². The lowest BCUT2D eigenvalue weighted by atomic mass is 10.0. The number of rotatable bonds is 8. The Labute approximate surface area is 149 Å². The van der Waals surface area contributed by atoms with Gasteiger partial charge in [-0.05, 0) is 42.9 Å². The van der Waals surface area contributed by atoms with E-state index < -0.39 is 0 Å². The van der Waals surface area contributed by atoms with E-state index in [1.54, 1.807) is 0 Å². The Morgan fingerprint density at radius 3 is 2.28 bits per heavy atom. The molecular formula is C21H25NO3. The largest absolute Gasteiger partial charge is 0.490 e. The normalized spacial score (nSPS) is 19.8. The zero-order chi connectivity index (χ0) is 17.6. The second-order valence-corrected chi connectivity index (χ2v) is 6.50. The van der Waals surface area contributed by atoms with Crippen LogP contribution in [0.25, 0.3) is 0 Å². The molecule has 1 amide bonds. The van der Waals surface area contributed by atoms with Gasteiger partial charge in [0.1, 0.15) is 0 Å². The van der Waals surface area contributed by atoms with Gasteiger partial charge in [0.15, 0.2) is 18.1 Å². The Balaban J connectivity index is 1.61. The van der Waals surface area contributed by atoms with E-state index in [0.29, 0.717) is 29.9 Å². The molecule has 3 rings (SSSR count). The molecule has 0 saturated heterocycles. The summed E-state index contributed by atoms with van der Waals surface area (Å²) in [5.74, 6) is 2.29. The Morgan fingerprint density at radius 1 is 1.08 bits per heavy atom. The molecule has 2 aromatic carbocycles. The average Bonchev–Trinajstić information content (AvgIpc) is 3.36. The number of amides is 1. The number of hydrogen-bond donors (Lipinski definition) is 1. The molecule has 0 bridgehead atoms. The molecule has 3 unspecified atom stereocenters. The summed E-state index contributed by atoms with van der Waals surface area (Å²) in [5, 5.41) is 3.14. The van der Waals surface area contributed by atoms with Crippen molar-refractivity contribution in [2.24, 2.45) is 11.8 Å². The summed E-state index contributed by atoms with van der Waals surface area (Å²) < 4.78 is 11.2. The lowest BCUT2D eigenvalue weighted by Crippen LogP contribution is -2.34. The minimum Gasteiger partial charge on any atom is -0.490 e. The molecule has 0 aliphatic heterocycles. The Hall–Kier alpha value is -2.49. The monoisotopic (exact) mass is 339 g/mol. The van der Waals surface area contributed by atoms with Gasteiger partial charge in [0.05, 0.1) is 12.6 Å². The van der Waals surface area contributed by atoms with E-state index in [1.807, 2.05) is 49.4 Å². The molecule has 1 fully saturated rings. The fourth-order valence-electron chi connectivity index (χ4n) is 3.12. The summed E-state index contributed by atoms with van der Waals surface area (Å²) in [6.07, 6.45) is 1.15. The van der Waals surface area contributed by atoms with Crippen LogP contribution >= 0.6 is 0 Å². The van der Waals surface area contributed by atoms with Crippen LogP contribution in [0.1, 0.15) is 31.9 Å². The first-order chi connectivity index (χ1) is 12.2. The van der Waals surface area contributed by atoms with Gasteiger partial charge in [-0.15, -0.1) is 0 Å². The Kier molecular flexibility index (Phi) is 5.59. The van der Waals surface area contributed by atoms with Crippen LogP contribution in [0.5, 0.6) is 11.5 Å². The van der Waals surface area contributed by atoms with Crippen molar-refractivity contribution in [3.63, 3.8) is 0 Å². The van der Waals surface area contributed by atoms with E-state index in [9.17, 15) is 4.79 Å². The van der Waals surface area contributed by atoms with Crippen LogP contribution in [0.4, 0.5) is 0 Å². The summed E-state index contributed by atoms with van der Waals surface area (Å²) in [6.45, 7) is 4.68. The fourth-order valence-corrected chi connectivity index (χ4v) is 3.12. The molecular weight excluding hydrogens is 314 g/mol. The molecule has 4 nitrogen and oxygen atoms in total. The van der Waals surface area contributed by atoms with E-state index in [-0.39, 0.29) is 18.6 Å². The minimum atomic E-state index is -0.112. The molecule has 1 aliphatic carbocycles. The van der Waals surface area contributed by atoms with Gasteiger partial charge < -0.3 is 14.8 Å². The van der Waals surface area contributed by atoms with Crippen LogP contribution in [-0.4, -0.2) is 19.1 Å². The number of nitrogens with one attached hydrogen (secondary N) is 1. The third-order valence-corrected chi connectivity index (χ3v) is 4.58. The van der Waals surface area contributed by atoms with Crippen LogP contribution in [0.15, 0.2) is 54.6 Å². The quantitative estimate of drug-likeness (QED) is 0.791. The molecule has 0 aromatic heterocycles. The van der Waals surface area contributed by atoms with E-state index in [2.05, 4.69) is 24.4 Å². The van der Waals surface area contributed by atoms with E-state index in [1.165, 1.54) is 0 Å². The first-order valence-electron chi connectivity index (χ1n) is 8.88. The highest BCUT2D eigenvalue weighted by Gasteiger charge is 2.40. The number of hydrogen-bond acceptors (Lipinski definition) is 3. The van der Waals surface area contributed by atoms with Gasteiger partial charge in [-0.2, -0.15) is 0 Å². The number of carbonyl (C=O) groups excluding carboxylic acids is 1. The van der Waals surface area contributed by atoms with Gasteiger partial charge in [-0.1, -0.05) is 49.4 Å². The average molecular weight is 339 g/mol. The molecule has 1 N–H and O–H groups in total. The maximum absolute atomic E-state index is 12.4. The number of ether oxygens (including phenoxy) is 2. The zero-order valence-electron chi connectivity index (χ0n) is 14.8. The standard InChI is InChI=1S/C21H25NO3/c1-3-24-18-11-7-8-12-19(18)25-14-20(23)22-21(17-13-15(17)2)16-9-5-4-6-10-16/h4-12,15,17,21H,3,13-14H2,1-2H3,(H,22,23). The summed E-state index contributed by atoms with van der Waals surface area (Å²) >= 11 is 0. The van der Waals surface area contributed by atoms with Crippen molar-refractivity contribution in [3.05, 3.63) is 60.2 Å². The Morgan fingerprint density at radius 2 is 1.68 bits per heavy atom. The maximum Gasteiger partial charge on any atom is 0.258 e. The predicted octanol–water partition coefficient (Wildman–Crippen LogP) is 3.98. The predicted molar refractivity (Wildman–Crippen MR) is 97.7 cm³/mol. The topological polar surface area (TPSA) is 47.6 Å². The van der Waals surface area contributed by atoms with E-state index >= 15 is 0 Å². The van der Waals surface area contributed by atoms with Crippen LogP contribution in [0.3, 0.4) is 0 Å². The highest BCUT2D eigenvalue weighted by Crippen LogP contribution is 2.46. The van der Waals surface area contributed by atoms with Crippen molar-refractivity contribution < 1.29 is 14.3 Å². The van der Waals surface area contributed by atoms with Gasteiger partial charge in [-0.3, -0.25) is 4.79 Å². The first-order valence-corrected chi connectivity index (χ1v) is 8.88. The SMILES string of the molecule is CCOc1ccccc1OCC(=O)NC(c1ccccc1)C1CC1C. The molecule has 25 heavy (non-hydrogen) atoms. The van der Waals surface area contributed by atoms with Crippen LogP contribution in [-0.2, 0) is 4.79 Å². The number of benzene rings is 2. The van der Waals surface area contributed by atoms with E-state index in [0.717, 1.165) is 12.0 Å². The van der Waals surface area contributed by atoms with Gasteiger partial charge in [0, 0.05) is 0 Å². The van der Waals surface area contributed by atoms with Gasteiger partial charge in [0.25, 0.3) is 5.91 Å². The number of carbonyl (C=O) groups is 1. The summed E-state index contributed by atoms with van der Waals surface area (Å²) in [5.41, 5.74) is 1.15. The molecule has 2 aromatic rings. The Bertz CT molecular complexity index is 701. The second-order valence-electron chi connectivity index (χ2n) is 6.50. The molecule has 1 aliphatic rings. The van der Waals surface area contributed by atoms with Crippen molar-refractivity contribution in [3.8, 4) is 11.5 Å². The van der Waals surface area contributed by atoms with Crippen molar-refractivity contribution in [2.75, 3.05) is 13.2 Å². The molecule has 0 heterocycles. The molecule has 4 heteroatoms. The third kappa shape index (κ3) is 4.53.